The van der Waals surface area contributed by atoms with Gasteiger partial charge in [-0.3, -0.25) is 0 Å². The first-order chi connectivity index (χ1) is 15.0. The van der Waals surface area contributed by atoms with E-state index >= 15 is 0 Å². The molecule has 0 aromatic heterocycles. The van der Waals surface area contributed by atoms with Crippen molar-refractivity contribution in [1.82, 2.24) is 0 Å². The second kappa shape index (κ2) is 9.12. The summed E-state index contributed by atoms with van der Waals surface area (Å²) < 4.78 is 54.4. The van der Waals surface area contributed by atoms with Crippen molar-refractivity contribution in [2.45, 2.75) is 18.5 Å². The summed E-state index contributed by atoms with van der Waals surface area (Å²) in [4.78, 5) is 0. The highest BCUT2D eigenvalue weighted by atomic mass is 19.2. The van der Waals surface area contributed by atoms with Gasteiger partial charge in [-0.1, -0.05) is 61.4 Å². The van der Waals surface area contributed by atoms with Crippen LogP contribution in [0.3, 0.4) is 0 Å². The molecule has 158 valence electrons. The van der Waals surface area contributed by atoms with Crippen LogP contribution in [0.5, 0.6) is 0 Å². The van der Waals surface area contributed by atoms with Gasteiger partial charge < -0.3 is 9.47 Å². The Balaban J connectivity index is 1.56. The maximum absolute atomic E-state index is 14.9. The van der Waals surface area contributed by atoms with Crippen molar-refractivity contribution < 1.29 is 22.6 Å². The molecule has 31 heavy (non-hydrogen) atoms. The van der Waals surface area contributed by atoms with Gasteiger partial charge in [0.15, 0.2) is 17.9 Å². The van der Waals surface area contributed by atoms with Crippen LogP contribution in [0, 0.1) is 17.5 Å². The molecule has 1 saturated heterocycles. The highest BCUT2D eigenvalue weighted by Crippen LogP contribution is 2.32. The molecule has 0 bridgehead atoms. The first kappa shape index (κ1) is 21.4. The molecule has 4 rings (SSSR count). The number of rotatable bonds is 5. The predicted molar refractivity (Wildman–Crippen MR) is 118 cm³/mol. The number of halogens is 3. The normalized spacial score (nSPS) is 18.7. The molecule has 1 fully saturated rings. The Morgan fingerprint density at radius 2 is 1.48 bits per heavy atom. The minimum Gasteiger partial charge on any atom is -0.348 e. The Labute approximate surface area is 180 Å². The number of ether oxygens (including phenoxy) is 2. The van der Waals surface area contributed by atoms with Crippen LogP contribution in [0.2, 0.25) is 0 Å². The molecule has 2 nitrogen and oxygen atoms in total. The van der Waals surface area contributed by atoms with Gasteiger partial charge in [0, 0.05) is 17.0 Å². The smallest absolute Gasteiger partial charge is 0.176 e. The average molecular weight is 422 g/mol. The molecule has 0 saturated carbocycles. The zero-order valence-corrected chi connectivity index (χ0v) is 17.2. The van der Waals surface area contributed by atoms with E-state index in [1.165, 1.54) is 6.07 Å². The Morgan fingerprint density at radius 3 is 2.06 bits per heavy atom. The van der Waals surface area contributed by atoms with Crippen molar-refractivity contribution in [1.29, 1.82) is 0 Å². The van der Waals surface area contributed by atoms with Crippen molar-refractivity contribution in [2.24, 2.45) is 0 Å². The first-order valence-corrected chi connectivity index (χ1v) is 10.2. The van der Waals surface area contributed by atoms with Crippen LogP contribution in [0.1, 0.15) is 17.0 Å². The van der Waals surface area contributed by atoms with Crippen LogP contribution in [0.15, 0.2) is 67.3 Å². The molecule has 0 N–H and O–H groups in total. The standard InChI is InChI=1S/C25H22BF3O2/c1-2-23-30-13-19(14-31-23)17-7-9-20(22(27)11-17)15-3-5-16(6-4-15)21-10-8-18(12-26)24(28)25(21)29/h2-11,19,23H,1,12-14,26H2. The minimum atomic E-state index is -0.863. The highest BCUT2D eigenvalue weighted by Gasteiger charge is 2.22. The second-order valence-electron chi connectivity index (χ2n) is 7.54. The molecule has 3 aromatic carbocycles. The van der Waals surface area contributed by atoms with E-state index in [0.29, 0.717) is 41.8 Å². The number of benzene rings is 3. The van der Waals surface area contributed by atoms with E-state index in [0.717, 1.165) is 5.56 Å². The van der Waals surface area contributed by atoms with Gasteiger partial charge in [-0.15, -0.1) is 0 Å². The molecule has 0 atom stereocenters. The molecule has 0 radical (unpaired) electrons. The topological polar surface area (TPSA) is 18.5 Å². The van der Waals surface area contributed by atoms with Crippen molar-refractivity contribution in [3.8, 4) is 22.3 Å². The third-order valence-corrected chi connectivity index (χ3v) is 5.63. The number of hydrogen-bond acceptors (Lipinski definition) is 2. The summed E-state index contributed by atoms with van der Waals surface area (Å²) in [5.74, 6) is -2.09. The van der Waals surface area contributed by atoms with E-state index in [9.17, 15) is 13.2 Å². The Bertz CT molecular complexity index is 1090. The molecule has 3 aromatic rings. The summed E-state index contributed by atoms with van der Waals surface area (Å²) in [6.07, 6.45) is 1.59. The summed E-state index contributed by atoms with van der Waals surface area (Å²) in [6, 6.07) is 15.0. The van der Waals surface area contributed by atoms with Gasteiger partial charge in [0.25, 0.3) is 0 Å². The van der Waals surface area contributed by atoms with E-state index in [2.05, 4.69) is 6.58 Å². The molecule has 1 aliphatic heterocycles. The summed E-state index contributed by atoms with van der Waals surface area (Å²) in [7, 11) is 1.78. The second-order valence-corrected chi connectivity index (χ2v) is 7.54. The van der Waals surface area contributed by atoms with Crippen LogP contribution in [0.4, 0.5) is 13.2 Å². The van der Waals surface area contributed by atoms with Crippen LogP contribution < -0.4 is 0 Å². The van der Waals surface area contributed by atoms with Crippen molar-refractivity contribution in [3.05, 3.63) is 95.8 Å². The Morgan fingerprint density at radius 1 is 0.871 bits per heavy atom. The first-order valence-electron chi connectivity index (χ1n) is 10.2. The zero-order valence-electron chi connectivity index (χ0n) is 17.2. The lowest BCUT2D eigenvalue weighted by atomic mass is 9.93. The number of hydrogen-bond donors (Lipinski definition) is 0. The molecule has 1 aliphatic rings. The van der Waals surface area contributed by atoms with E-state index < -0.39 is 17.9 Å². The van der Waals surface area contributed by atoms with Crippen LogP contribution in [-0.4, -0.2) is 27.4 Å². The van der Waals surface area contributed by atoms with Crippen LogP contribution in [0.25, 0.3) is 22.3 Å². The highest BCUT2D eigenvalue weighted by molar-refractivity contribution is 6.08. The summed E-state index contributed by atoms with van der Waals surface area (Å²) in [5.41, 5.74) is 2.95. The average Bonchev–Trinajstić information content (AvgIpc) is 2.81. The third kappa shape index (κ3) is 4.32. The van der Waals surface area contributed by atoms with E-state index in [1.807, 2.05) is 6.07 Å². The zero-order chi connectivity index (χ0) is 22.0. The Hall–Kier alpha value is -2.83. The predicted octanol–water partition coefficient (Wildman–Crippen LogP) is 5.21. The molecule has 1 heterocycles. The fourth-order valence-electron chi connectivity index (χ4n) is 3.78. The fourth-order valence-corrected chi connectivity index (χ4v) is 3.78. The lowest BCUT2D eigenvalue weighted by Crippen LogP contribution is -2.29. The van der Waals surface area contributed by atoms with E-state index in [1.54, 1.807) is 56.4 Å². The molecular weight excluding hydrogens is 400 g/mol. The van der Waals surface area contributed by atoms with Gasteiger partial charge in [-0.05, 0) is 34.4 Å². The van der Waals surface area contributed by atoms with Crippen LogP contribution >= 0.6 is 0 Å². The maximum Gasteiger partial charge on any atom is 0.176 e. The molecular formula is C25H22BF3O2. The molecule has 0 spiro atoms. The molecule has 0 aliphatic carbocycles. The monoisotopic (exact) mass is 422 g/mol. The third-order valence-electron chi connectivity index (χ3n) is 5.63. The van der Waals surface area contributed by atoms with Crippen molar-refractivity contribution in [2.75, 3.05) is 13.2 Å². The molecule has 0 amide bonds. The van der Waals surface area contributed by atoms with E-state index in [-0.39, 0.29) is 17.3 Å². The molecule has 0 unspecified atom stereocenters. The molecule has 6 heteroatoms. The van der Waals surface area contributed by atoms with E-state index in [4.69, 9.17) is 9.47 Å². The summed E-state index contributed by atoms with van der Waals surface area (Å²) in [5, 5.41) is 0. The lowest BCUT2D eigenvalue weighted by molar-refractivity contribution is -0.159. The minimum absolute atomic E-state index is 0.0499. The van der Waals surface area contributed by atoms with Gasteiger partial charge in [0.05, 0.1) is 13.2 Å². The van der Waals surface area contributed by atoms with Gasteiger partial charge in [-0.2, -0.15) is 0 Å². The fraction of sp³-hybridized carbons (Fsp3) is 0.200. The quantitative estimate of drug-likeness (QED) is 0.415. The Kier molecular flexibility index (Phi) is 6.30. The van der Waals surface area contributed by atoms with Crippen molar-refractivity contribution in [3.63, 3.8) is 0 Å². The summed E-state index contributed by atoms with van der Waals surface area (Å²) >= 11 is 0. The summed E-state index contributed by atoms with van der Waals surface area (Å²) in [6.45, 7) is 4.50. The SMILES string of the molecule is BCc1ccc(-c2ccc(-c3ccc(C4COC(C=C)OC4)cc3F)cc2)c(F)c1F. The van der Waals surface area contributed by atoms with Gasteiger partial charge in [0.2, 0.25) is 0 Å². The maximum atomic E-state index is 14.9. The van der Waals surface area contributed by atoms with Gasteiger partial charge in [-0.25, -0.2) is 13.2 Å². The largest absolute Gasteiger partial charge is 0.348 e. The lowest BCUT2D eigenvalue weighted by Gasteiger charge is -2.28. The van der Waals surface area contributed by atoms with Crippen LogP contribution in [-0.2, 0) is 15.8 Å². The van der Waals surface area contributed by atoms with Crippen molar-refractivity contribution >= 4 is 7.85 Å². The van der Waals surface area contributed by atoms with Gasteiger partial charge >= 0.3 is 0 Å². The van der Waals surface area contributed by atoms with Gasteiger partial charge in [0.1, 0.15) is 13.7 Å².